The van der Waals surface area contributed by atoms with Gasteiger partial charge in [-0.3, -0.25) is 0 Å². The van der Waals surface area contributed by atoms with Crippen LogP contribution in [0.15, 0.2) is 0 Å². The molecule has 0 spiro atoms. The predicted octanol–water partition coefficient (Wildman–Crippen LogP) is -0.620. The van der Waals surface area contributed by atoms with Crippen molar-refractivity contribution in [3.05, 3.63) is 0 Å². The van der Waals surface area contributed by atoms with Gasteiger partial charge in [-0.05, 0) is 0 Å². The van der Waals surface area contributed by atoms with Crippen LogP contribution in [-0.4, -0.2) is 57.6 Å². The normalized spacial score (nSPS) is 39.7. The lowest BCUT2D eigenvalue weighted by Crippen LogP contribution is -2.37. The molecule has 0 unspecified atom stereocenters. The summed E-state index contributed by atoms with van der Waals surface area (Å²) < 4.78 is 20.3. The largest absolute Gasteiger partial charge is 0.382 e. The summed E-state index contributed by atoms with van der Waals surface area (Å²) in [7, 11) is 4.64. The van der Waals surface area contributed by atoms with E-state index in [0.29, 0.717) is 6.61 Å². The zero-order valence-electron chi connectivity index (χ0n) is 8.10. The van der Waals surface area contributed by atoms with Crippen LogP contribution in [-0.2, 0) is 18.9 Å². The highest BCUT2D eigenvalue weighted by molar-refractivity contribution is 4.88. The molecule has 1 heterocycles. The van der Waals surface area contributed by atoms with Gasteiger partial charge < -0.3 is 24.1 Å². The number of methoxy groups -OCH3 is 3. The molecular weight excluding hydrogens is 176 g/mol. The highest BCUT2D eigenvalue weighted by Crippen LogP contribution is 2.24. The van der Waals surface area contributed by atoms with Gasteiger partial charge in [0, 0.05) is 21.3 Å². The number of rotatable bonds is 4. The third-order valence-electron chi connectivity index (χ3n) is 2.16. The highest BCUT2D eigenvalue weighted by atomic mass is 16.7. The van der Waals surface area contributed by atoms with E-state index in [1.807, 2.05) is 0 Å². The van der Waals surface area contributed by atoms with Gasteiger partial charge in [-0.2, -0.15) is 0 Å². The number of hydrogen-bond donors (Lipinski definition) is 1. The number of aliphatic hydroxyl groups excluding tert-OH is 1. The molecule has 13 heavy (non-hydrogen) atoms. The molecule has 1 N–H and O–H groups in total. The molecule has 0 aromatic carbocycles. The van der Waals surface area contributed by atoms with Crippen LogP contribution in [0.4, 0.5) is 0 Å². The fourth-order valence-corrected chi connectivity index (χ4v) is 1.54. The molecule has 0 aromatic rings. The zero-order valence-corrected chi connectivity index (χ0v) is 8.10. The topological polar surface area (TPSA) is 57.2 Å². The van der Waals surface area contributed by atoms with Gasteiger partial charge in [-0.1, -0.05) is 0 Å². The maximum absolute atomic E-state index is 9.40. The maximum Gasteiger partial charge on any atom is 0.184 e. The molecule has 1 saturated heterocycles. The minimum absolute atomic E-state index is 0.269. The third kappa shape index (κ3) is 2.18. The quantitative estimate of drug-likeness (QED) is 0.643. The highest BCUT2D eigenvalue weighted by Gasteiger charge is 2.44. The molecule has 0 saturated carbocycles. The van der Waals surface area contributed by atoms with Crippen molar-refractivity contribution in [2.24, 2.45) is 0 Å². The first kappa shape index (κ1) is 10.9. The average Bonchev–Trinajstić information content (AvgIpc) is 2.41. The molecule has 78 valence electrons. The summed E-state index contributed by atoms with van der Waals surface area (Å²) in [6.45, 7) is 0.384. The van der Waals surface area contributed by atoms with E-state index in [1.54, 1.807) is 14.2 Å². The van der Waals surface area contributed by atoms with Crippen LogP contribution < -0.4 is 0 Å². The van der Waals surface area contributed by atoms with Crippen LogP contribution in [0.2, 0.25) is 0 Å². The van der Waals surface area contributed by atoms with Crippen molar-refractivity contribution < 1.29 is 24.1 Å². The Bertz CT molecular complexity index is 151. The van der Waals surface area contributed by atoms with Gasteiger partial charge in [-0.15, -0.1) is 0 Å². The first-order valence-electron chi connectivity index (χ1n) is 4.12. The first-order chi connectivity index (χ1) is 6.24. The minimum Gasteiger partial charge on any atom is -0.382 e. The lowest BCUT2D eigenvalue weighted by Gasteiger charge is -2.19. The van der Waals surface area contributed by atoms with Crippen LogP contribution in [0.5, 0.6) is 0 Å². The van der Waals surface area contributed by atoms with Crippen molar-refractivity contribution >= 4 is 0 Å². The van der Waals surface area contributed by atoms with Crippen molar-refractivity contribution in [3.8, 4) is 0 Å². The van der Waals surface area contributed by atoms with Crippen LogP contribution >= 0.6 is 0 Å². The van der Waals surface area contributed by atoms with Gasteiger partial charge in [0.25, 0.3) is 0 Å². The molecule has 1 fully saturated rings. The van der Waals surface area contributed by atoms with E-state index in [2.05, 4.69) is 0 Å². The third-order valence-corrected chi connectivity index (χ3v) is 2.16. The molecule has 5 heteroatoms. The van der Waals surface area contributed by atoms with Gasteiger partial charge in [0.2, 0.25) is 0 Å². The summed E-state index contributed by atoms with van der Waals surface area (Å²) in [4.78, 5) is 0. The second-order valence-corrected chi connectivity index (χ2v) is 2.92. The lowest BCUT2D eigenvalue weighted by molar-refractivity contribution is -0.141. The summed E-state index contributed by atoms with van der Waals surface area (Å²) in [6.07, 6.45) is -1.92. The van der Waals surface area contributed by atoms with Gasteiger partial charge in [0.05, 0.1) is 6.61 Å². The predicted molar refractivity (Wildman–Crippen MR) is 44.3 cm³/mol. The van der Waals surface area contributed by atoms with Gasteiger partial charge in [0.1, 0.15) is 18.3 Å². The zero-order chi connectivity index (χ0) is 9.84. The fraction of sp³-hybridized carbons (Fsp3) is 1.00. The van der Waals surface area contributed by atoms with E-state index in [9.17, 15) is 5.11 Å². The number of aliphatic hydroxyl groups is 1. The summed E-state index contributed by atoms with van der Waals surface area (Å²) in [5.41, 5.74) is 0. The summed E-state index contributed by atoms with van der Waals surface area (Å²) >= 11 is 0. The summed E-state index contributed by atoms with van der Waals surface area (Å²) in [5, 5.41) is 9.40. The lowest BCUT2D eigenvalue weighted by atomic mass is 10.1. The smallest absolute Gasteiger partial charge is 0.184 e. The van der Waals surface area contributed by atoms with Crippen LogP contribution in [0.3, 0.4) is 0 Å². The maximum atomic E-state index is 9.40. The van der Waals surface area contributed by atoms with Crippen molar-refractivity contribution in [2.75, 3.05) is 27.9 Å². The molecule has 1 aliphatic rings. The molecule has 5 nitrogen and oxygen atoms in total. The second-order valence-electron chi connectivity index (χ2n) is 2.92. The summed E-state index contributed by atoms with van der Waals surface area (Å²) in [6, 6.07) is 0. The van der Waals surface area contributed by atoms with E-state index in [0.717, 1.165) is 0 Å². The molecule has 0 radical (unpaired) electrons. The Hall–Kier alpha value is -0.200. The van der Waals surface area contributed by atoms with Crippen LogP contribution in [0.25, 0.3) is 0 Å². The Labute approximate surface area is 77.5 Å². The number of ether oxygens (including phenoxy) is 4. The Balaban J connectivity index is 2.57. The molecule has 0 amide bonds. The van der Waals surface area contributed by atoms with Crippen molar-refractivity contribution in [2.45, 2.75) is 24.6 Å². The van der Waals surface area contributed by atoms with Crippen LogP contribution in [0.1, 0.15) is 0 Å². The Kier molecular flexibility index (Phi) is 4.08. The Morgan fingerprint density at radius 3 is 2.23 bits per heavy atom. The van der Waals surface area contributed by atoms with Gasteiger partial charge >= 0.3 is 0 Å². The first-order valence-corrected chi connectivity index (χ1v) is 4.12. The van der Waals surface area contributed by atoms with Gasteiger partial charge in [-0.25, -0.2) is 0 Å². The molecule has 1 rings (SSSR count). The van der Waals surface area contributed by atoms with Gasteiger partial charge in [0.15, 0.2) is 6.29 Å². The van der Waals surface area contributed by atoms with E-state index >= 15 is 0 Å². The molecule has 0 aliphatic carbocycles. The Morgan fingerprint density at radius 1 is 1.15 bits per heavy atom. The molecule has 4 atom stereocenters. The minimum atomic E-state index is -0.935. The SMILES string of the molecule is COC[C@@H]1O[C@H](O)[C@@H](OC)[C@H]1OC. The fourth-order valence-electron chi connectivity index (χ4n) is 1.54. The number of hydrogen-bond acceptors (Lipinski definition) is 5. The molecule has 0 aromatic heterocycles. The van der Waals surface area contributed by atoms with E-state index in [1.165, 1.54) is 7.11 Å². The van der Waals surface area contributed by atoms with E-state index in [4.69, 9.17) is 18.9 Å². The van der Waals surface area contributed by atoms with E-state index in [-0.39, 0.29) is 12.2 Å². The summed E-state index contributed by atoms with van der Waals surface area (Å²) in [5.74, 6) is 0. The van der Waals surface area contributed by atoms with Crippen molar-refractivity contribution in [1.82, 2.24) is 0 Å². The monoisotopic (exact) mass is 192 g/mol. The standard InChI is InChI=1S/C8H16O5/c1-10-4-5-6(11-2)7(12-3)8(9)13-5/h5-9H,4H2,1-3H3/t5-,6-,7-,8-/m0/s1. The molecule has 0 bridgehead atoms. The molecule has 1 aliphatic heterocycles. The molecular formula is C8H16O5. The van der Waals surface area contributed by atoms with E-state index < -0.39 is 12.4 Å². The Morgan fingerprint density at radius 2 is 1.77 bits per heavy atom. The van der Waals surface area contributed by atoms with Crippen molar-refractivity contribution in [1.29, 1.82) is 0 Å². The van der Waals surface area contributed by atoms with Crippen LogP contribution in [0, 0.1) is 0 Å². The average molecular weight is 192 g/mol. The van der Waals surface area contributed by atoms with Crippen molar-refractivity contribution in [3.63, 3.8) is 0 Å². The second kappa shape index (κ2) is 4.88.